The molecular weight excluding hydrogens is 206 g/mol. The third kappa shape index (κ3) is 5.87. The number of ether oxygens (including phenoxy) is 2. The minimum atomic E-state index is -1.76. The van der Waals surface area contributed by atoms with Gasteiger partial charge in [0.2, 0.25) is 0 Å². The van der Waals surface area contributed by atoms with Gasteiger partial charge >= 0.3 is 12.1 Å². The van der Waals surface area contributed by atoms with Crippen molar-refractivity contribution in [3.8, 4) is 0 Å². The molecule has 0 aliphatic rings. The van der Waals surface area contributed by atoms with E-state index in [-0.39, 0.29) is 12.8 Å². The molecule has 0 aromatic heterocycles. The number of methoxy groups -OCH3 is 2. The number of nitrogens with one attached hydrogen (secondary N) is 1. The molecule has 0 fully saturated rings. The lowest BCUT2D eigenvalue weighted by Crippen LogP contribution is -2.43. The van der Waals surface area contributed by atoms with E-state index in [1.165, 1.54) is 7.11 Å². The lowest BCUT2D eigenvalue weighted by Gasteiger charge is -2.18. The first-order valence-electron chi connectivity index (χ1n) is 4.28. The molecule has 0 heterocycles. The number of carbonyl (C=O) groups is 2. The number of hydrogen-bond donors (Lipinski definition) is 3. The molecule has 0 saturated heterocycles. The highest BCUT2D eigenvalue weighted by Gasteiger charge is 2.20. The topological polar surface area (TPSA) is 105 Å². The highest BCUT2D eigenvalue weighted by atomic mass is 16.5. The van der Waals surface area contributed by atoms with Crippen LogP contribution in [0.25, 0.3) is 0 Å². The lowest BCUT2D eigenvalue weighted by atomic mass is 10.1. The Morgan fingerprint density at radius 3 is 2.27 bits per heavy atom. The Balaban J connectivity index is 4.05. The molecule has 1 amide bonds. The summed E-state index contributed by atoms with van der Waals surface area (Å²) in [7, 11) is 2.37. The van der Waals surface area contributed by atoms with Gasteiger partial charge in [0.15, 0.2) is 6.29 Å². The van der Waals surface area contributed by atoms with Gasteiger partial charge < -0.3 is 25.0 Å². The number of aliphatic hydroxyl groups excluding tert-OH is 1. The number of amides is 1. The Kier molecular flexibility index (Phi) is 6.39. The molecule has 0 aromatic carbocycles. The van der Waals surface area contributed by atoms with Gasteiger partial charge in [-0.1, -0.05) is 0 Å². The maximum Gasteiger partial charge on any atom is 0.407 e. The third-order valence-corrected chi connectivity index (χ3v) is 1.74. The van der Waals surface area contributed by atoms with Crippen LogP contribution in [0.2, 0.25) is 0 Å². The smallest absolute Gasteiger partial charge is 0.407 e. The summed E-state index contributed by atoms with van der Waals surface area (Å²) in [5.74, 6) is -0.493. The number of esters is 1. The van der Waals surface area contributed by atoms with E-state index in [0.29, 0.717) is 0 Å². The maximum absolute atomic E-state index is 10.8. The summed E-state index contributed by atoms with van der Waals surface area (Å²) in [6, 6.07) is -0.962. The average Bonchev–Trinajstić information content (AvgIpc) is 2.22. The molecule has 1 atom stereocenters. The first-order chi connectivity index (χ1) is 7.01. The quantitative estimate of drug-likeness (QED) is 0.405. The van der Waals surface area contributed by atoms with Crippen molar-refractivity contribution in [2.45, 2.75) is 25.2 Å². The van der Waals surface area contributed by atoms with E-state index in [0.717, 1.165) is 7.11 Å². The van der Waals surface area contributed by atoms with Gasteiger partial charge in [0, 0.05) is 6.42 Å². The normalized spacial score (nSPS) is 12.1. The number of carbonyl (C=O) groups excluding carboxylic acids is 2. The van der Waals surface area contributed by atoms with Crippen LogP contribution in [0.3, 0.4) is 0 Å². The molecule has 0 rings (SSSR count). The second-order valence-corrected chi connectivity index (χ2v) is 2.77. The van der Waals surface area contributed by atoms with Crippen molar-refractivity contribution in [2.75, 3.05) is 14.2 Å². The molecule has 7 heteroatoms. The molecule has 15 heavy (non-hydrogen) atoms. The van der Waals surface area contributed by atoms with Gasteiger partial charge in [0.05, 0.1) is 20.3 Å². The van der Waals surface area contributed by atoms with Gasteiger partial charge in [-0.05, 0) is 6.42 Å². The van der Waals surface area contributed by atoms with Crippen molar-refractivity contribution in [1.82, 2.24) is 5.32 Å². The summed E-state index contributed by atoms with van der Waals surface area (Å²) in [4.78, 5) is 21.5. The Bertz CT molecular complexity index is 217. The molecule has 3 N–H and O–H groups in total. The molecule has 0 radical (unpaired) electrons. The van der Waals surface area contributed by atoms with Crippen molar-refractivity contribution in [3.63, 3.8) is 0 Å². The van der Waals surface area contributed by atoms with Crippen LogP contribution in [0, 0.1) is 0 Å². The van der Waals surface area contributed by atoms with E-state index in [1.807, 2.05) is 0 Å². The summed E-state index contributed by atoms with van der Waals surface area (Å²) in [6.07, 6.45) is -2.52. The third-order valence-electron chi connectivity index (χ3n) is 1.74. The van der Waals surface area contributed by atoms with Gasteiger partial charge in [0.25, 0.3) is 0 Å². The predicted octanol–water partition coefficient (Wildman–Crippen LogP) is -1.03. The molecule has 1 unspecified atom stereocenters. The van der Waals surface area contributed by atoms with Gasteiger partial charge in [0.1, 0.15) is 0 Å². The van der Waals surface area contributed by atoms with E-state index >= 15 is 0 Å². The van der Waals surface area contributed by atoms with E-state index in [9.17, 15) is 9.59 Å². The van der Waals surface area contributed by atoms with Gasteiger partial charge in [-0.3, -0.25) is 4.79 Å². The highest BCUT2D eigenvalue weighted by Crippen LogP contribution is 2.02. The zero-order chi connectivity index (χ0) is 11.8. The number of hydrogen-bond acceptors (Lipinski definition) is 6. The molecule has 0 saturated carbocycles. The number of rotatable bonds is 5. The second kappa shape index (κ2) is 7.02. The summed E-state index contributed by atoms with van der Waals surface area (Å²) in [6.45, 7) is 0. The molecule has 0 bridgehead atoms. The van der Waals surface area contributed by atoms with Crippen LogP contribution in [-0.4, -0.2) is 48.8 Å². The van der Waals surface area contributed by atoms with E-state index < -0.39 is 24.4 Å². The van der Waals surface area contributed by atoms with Crippen molar-refractivity contribution in [2.24, 2.45) is 0 Å². The zero-order valence-electron chi connectivity index (χ0n) is 8.60. The molecule has 0 aliphatic carbocycles. The summed E-state index contributed by atoms with van der Waals surface area (Å²) in [5, 5.41) is 19.9. The van der Waals surface area contributed by atoms with Crippen LogP contribution in [0.15, 0.2) is 0 Å². The van der Waals surface area contributed by atoms with Gasteiger partial charge in [-0.25, -0.2) is 4.79 Å². The predicted molar refractivity (Wildman–Crippen MR) is 48.8 cm³/mol. The van der Waals surface area contributed by atoms with Crippen LogP contribution < -0.4 is 5.32 Å². The zero-order valence-corrected chi connectivity index (χ0v) is 8.60. The Morgan fingerprint density at radius 2 is 1.87 bits per heavy atom. The minimum Gasteiger partial charge on any atom is -0.469 e. The Labute approximate surface area is 87.0 Å². The van der Waals surface area contributed by atoms with Crippen molar-refractivity contribution in [3.05, 3.63) is 0 Å². The van der Waals surface area contributed by atoms with Crippen LogP contribution >= 0.6 is 0 Å². The molecule has 88 valence electrons. The molecule has 0 aliphatic heterocycles. The van der Waals surface area contributed by atoms with E-state index in [2.05, 4.69) is 14.8 Å². The average molecular weight is 221 g/mol. The first kappa shape index (κ1) is 13.7. The first-order valence-corrected chi connectivity index (χ1v) is 4.28. The van der Waals surface area contributed by atoms with E-state index in [4.69, 9.17) is 10.2 Å². The Hall–Kier alpha value is -1.34. The van der Waals surface area contributed by atoms with Crippen molar-refractivity contribution >= 4 is 12.1 Å². The van der Waals surface area contributed by atoms with Crippen LogP contribution in [0.4, 0.5) is 4.79 Å². The fraction of sp³-hybridized carbons (Fsp3) is 0.750. The molecular formula is C8H15NO6. The SMILES string of the molecule is COC(=O)CCC(NC(=O)OC)C(O)O. The molecule has 0 aromatic rings. The minimum absolute atomic E-state index is 0.0250. The maximum atomic E-state index is 10.8. The number of aliphatic hydroxyl groups is 2. The number of alkyl carbamates (subject to hydrolysis) is 1. The monoisotopic (exact) mass is 221 g/mol. The van der Waals surface area contributed by atoms with Crippen molar-refractivity contribution in [1.29, 1.82) is 0 Å². The highest BCUT2D eigenvalue weighted by molar-refractivity contribution is 5.70. The van der Waals surface area contributed by atoms with E-state index in [1.54, 1.807) is 0 Å². The standard InChI is InChI=1S/C8H15NO6/c1-14-6(10)4-3-5(7(11)12)9-8(13)15-2/h5,7,11-12H,3-4H2,1-2H3,(H,9,13). The largest absolute Gasteiger partial charge is 0.469 e. The van der Waals surface area contributed by atoms with Crippen LogP contribution in [0.5, 0.6) is 0 Å². The van der Waals surface area contributed by atoms with Crippen LogP contribution in [-0.2, 0) is 14.3 Å². The van der Waals surface area contributed by atoms with Gasteiger partial charge in [-0.15, -0.1) is 0 Å². The second-order valence-electron chi connectivity index (χ2n) is 2.77. The fourth-order valence-corrected chi connectivity index (χ4v) is 0.881. The summed E-state index contributed by atoms with van der Waals surface area (Å²) in [5.41, 5.74) is 0. The molecule has 0 spiro atoms. The fourth-order valence-electron chi connectivity index (χ4n) is 0.881. The van der Waals surface area contributed by atoms with Crippen molar-refractivity contribution < 1.29 is 29.3 Å². The Morgan fingerprint density at radius 1 is 1.27 bits per heavy atom. The van der Waals surface area contributed by atoms with Gasteiger partial charge in [-0.2, -0.15) is 0 Å². The van der Waals surface area contributed by atoms with Crippen LogP contribution in [0.1, 0.15) is 12.8 Å². The summed E-state index contributed by atoms with van der Waals surface area (Å²) < 4.78 is 8.64. The summed E-state index contributed by atoms with van der Waals surface area (Å²) >= 11 is 0. The lowest BCUT2D eigenvalue weighted by molar-refractivity contribution is -0.141. The molecule has 7 nitrogen and oxygen atoms in total.